The molecule has 1 aliphatic rings. The van der Waals surface area contributed by atoms with Crippen LogP contribution >= 0.6 is 0 Å². The van der Waals surface area contributed by atoms with Crippen molar-refractivity contribution in [3.63, 3.8) is 0 Å². The molecule has 9 heteroatoms. The maximum Gasteiger partial charge on any atom is 0.330 e. The molecule has 1 aliphatic heterocycles. The van der Waals surface area contributed by atoms with Crippen molar-refractivity contribution in [2.24, 2.45) is 0 Å². The molecule has 1 heterocycles. The van der Waals surface area contributed by atoms with Crippen LogP contribution in [0.1, 0.15) is 33.6 Å². The van der Waals surface area contributed by atoms with Gasteiger partial charge in [-0.3, -0.25) is 19.2 Å². The summed E-state index contributed by atoms with van der Waals surface area (Å²) in [6, 6.07) is 0. The van der Waals surface area contributed by atoms with E-state index >= 15 is 0 Å². The molecule has 0 radical (unpaired) electrons. The fraction of sp³-hybridized carbons (Fsp3) is 0.583. The maximum atomic E-state index is 11.9. The fourth-order valence-corrected chi connectivity index (χ4v) is 1.49. The van der Waals surface area contributed by atoms with Gasteiger partial charge in [-0.2, -0.15) is 0 Å². The molecular weight excluding hydrogens is 286 g/mol. The van der Waals surface area contributed by atoms with E-state index < -0.39 is 41.9 Å². The van der Waals surface area contributed by atoms with E-state index in [-0.39, 0.29) is 17.9 Å². The van der Waals surface area contributed by atoms with Crippen molar-refractivity contribution in [3.8, 4) is 0 Å². The number of ether oxygens (including phenoxy) is 2. The molecule has 1 saturated heterocycles. The van der Waals surface area contributed by atoms with Crippen molar-refractivity contribution in [1.82, 2.24) is 5.06 Å². The summed E-state index contributed by atoms with van der Waals surface area (Å²) in [6.45, 7) is 3.96. The Morgan fingerprint density at radius 3 is 1.62 bits per heavy atom. The lowest BCUT2D eigenvalue weighted by atomic mass is 10.2. The Bertz CT molecular complexity index is 450. The van der Waals surface area contributed by atoms with Crippen LogP contribution in [-0.4, -0.2) is 47.0 Å². The third kappa shape index (κ3) is 3.77. The monoisotopic (exact) mass is 301 g/mol. The second-order valence-electron chi connectivity index (χ2n) is 4.08. The Balaban J connectivity index is 3.00. The predicted molar refractivity (Wildman–Crippen MR) is 64.0 cm³/mol. The predicted octanol–water partition coefficient (Wildman–Crippen LogP) is -0.523. The number of esters is 2. The molecule has 0 aromatic heterocycles. The molecule has 2 atom stereocenters. The summed E-state index contributed by atoms with van der Waals surface area (Å²) < 4.78 is 9.59. The first-order chi connectivity index (χ1) is 9.81. The van der Waals surface area contributed by atoms with Gasteiger partial charge in [0.25, 0.3) is 0 Å². The first-order valence-corrected chi connectivity index (χ1v) is 6.27. The molecule has 1 fully saturated rings. The number of rotatable bonds is 5. The Morgan fingerprint density at radius 2 is 1.33 bits per heavy atom. The number of nitrogens with zero attached hydrogens (tertiary/aromatic N) is 1. The zero-order chi connectivity index (χ0) is 16.2. The molecule has 21 heavy (non-hydrogen) atoms. The normalized spacial score (nSPS) is 21.2. The highest BCUT2D eigenvalue weighted by atomic mass is 16.7. The van der Waals surface area contributed by atoms with Gasteiger partial charge in [-0.25, -0.2) is 4.79 Å². The van der Waals surface area contributed by atoms with Crippen LogP contribution in [0.4, 0.5) is 0 Å². The van der Waals surface area contributed by atoms with E-state index in [9.17, 15) is 24.0 Å². The van der Waals surface area contributed by atoms with Crippen molar-refractivity contribution in [2.75, 3.05) is 0 Å². The minimum absolute atomic E-state index is 0.0417. The fourth-order valence-electron chi connectivity index (χ4n) is 1.49. The van der Waals surface area contributed by atoms with E-state index in [1.165, 1.54) is 13.8 Å². The molecule has 2 unspecified atom stereocenters. The lowest BCUT2D eigenvalue weighted by Gasteiger charge is -2.15. The van der Waals surface area contributed by atoms with E-state index in [0.717, 1.165) is 6.92 Å². The van der Waals surface area contributed by atoms with Gasteiger partial charge in [0, 0.05) is 19.8 Å². The van der Waals surface area contributed by atoms with Gasteiger partial charge in [0.05, 0.1) is 0 Å². The summed E-state index contributed by atoms with van der Waals surface area (Å²) in [5, 5.41) is 0.142. The smallest absolute Gasteiger partial charge is 0.330 e. The molecule has 0 spiro atoms. The quantitative estimate of drug-likeness (QED) is 0.492. The van der Waals surface area contributed by atoms with Crippen LogP contribution in [0.15, 0.2) is 0 Å². The lowest BCUT2D eigenvalue weighted by Crippen LogP contribution is -2.37. The van der Waals surface area contributed by atoms with Gasteiger partial charge in [0.1, 0.15) is 0 Å². The zero-order valence-corrected chi connectivity index (χ0v) is 11.8. The summed E-state index contributed by atoms with van der Waals surface area (Å²) in [5.41, 5.74) is 0. The van der Waals surface area contributed by atoms with Crippen molar-refractivity contribution in [3.05, 3.63) is 0 Å². The molecule has 116 valence electrons. The number of amides is 2. The van der Waals surface area contributed by atoms with E-state index in [0.29, 0.717) is 0 Å². The zero-order valence-electron chi connectivity index (χ0n) is 11.8. The summed E-state index contributed by atoms with van der Waals surface area (Å²) >= 11 is 0. The molecule has 0 aliphatic carbocycles. The molecular formula is C12H15NO8. The first kappa shape index (κ1) is 16.6. The van der Waals surface area contributed by atoms with Crippen molar-refractivity contribution < 1.29 is 38.3 Å². The number of hydrogen-bond acceptors (Lipinski definition) is 8. The summed E-state index contributed by atoms with van der Waals surface area (Å²) in [6.07, 6.45) is -3.39. The average Bonchev–Trinajstić information content (AvgIpc) is 2.64. The Morgan fingerprint density at radius 1 is 0.952 bits per heavy atom. The highest BCUT2D eigenvalue weighted by Gasteiger charge is 2.54. The molecule has 0 bridgehead atoms. The van der Waals surface area contributed by atoms with Gasteiger partial charge in [-0.15, -0.1) is 0 Å². The van der Waals surface area contributed by atoms with Crippen molar-refractivity contribution in [1.29, 1.82) is 0 Å². The first-order valence-electron chi connectivity index (χ1n) is 6.27. The number of carbonyl (C=O) groups excluding carboxylic acids is 5. The van der Waals surface area contributed by atoms with Gasteiger partial charge in [-0.05, 0) is 0 Å². The summed E-state index contributed by atoms with van der Waals surface area (Å²) in [7, 11) is 0. The van der Waals surface area contributed by atoms with Crippen LogP contribution in [-0.2, 0) is 38.3 Å². The lowest BCUT2D eigenvalue weighted by molar-refractivity contribution is -0.198. The van der Waals surface area contributed by atoms with Crippen LogP contribution in [0.2, 0.25) is 0 Å². The van der Waals surface area contributed by atoms with E-state index in [1.807, 2.05) is 0 Å². The van der Waals surface area contributed by atoms with Crippen LogP contribution in [0.3, 0.4) is 0 Å². The third-order valence-electron chi connectivity index (χ3n) is 2.48. The highest BCUT2D eigenvalue weighted by molar-refractivity contribution is 6.08. The molecule has 0 aromatic carbocycles. The number of carbonyl (C=O) groups is 5. The summed E-state index contributed by atoms with van der Waals surface area (Å²) in [4.78, 5) is 61.8. The van der Waals surface area contributed by atoms with Crippen LogP contribution in [0, 0.1) is 0 Å². The average molecular weight is 301 g/mol. The molecule has 0 N–H and O–H groups in total. The number of hydrogen-bond donors (Lipinski definition) is 0. The second kappa shape index (κ2) is 6.82. The summed E-state index contributed by atoms with van der Waals surface area (Å²) in [5.74, 6) is -4.59. The van der Waals surface area contributed by atoms with Crippen LogP contribution in [0.5, 0.6) is 0 Å². The van der Waals surface area contributed by atoms with E-state index in [2.05, 4.69) is 4.84 Å². The van der Waals surface area contributed by atoms with Gasteiger partial charge in [0.15, 0.2) is 0 Å². The topological polar surface area (TPSA) is 116 Å². The Labute approximate surface area is 120 Å². The molecule has 9 nitrogen and oxygen atoms in total. The van der Waals surface area contributed by atoms with E-state index in [4.69, 9.17) is 9.47 Å². The maximum absolute atomic E-state index is 11.9. The Hall–Kier alpha value is -2.45. The number of hydroxylamine groups is 2. The number of imide groups is 1. The molecule has 0 saturated carbocycles. The minimum atomic E-state index is -1.65. The third-order valence-corrected chi connectivity index (χ3v) is 2.48. The molecule has 2 amide bonds. The Kier molecular flexibility index (Phi) is 5.39. The molecule has 0 aromatic rings. The second-order valence-corrected chi connectivity index (χ2v) is 4.08. The van der Waals surface area contributed by atoms with Crippen LogP contribution in [0.25, 0.3) is 0 Å². The SMILES string of the molecule is CCC(=O)OC1C(=O)N(OC(C)=O)C(=O)C1OC(=O)CC. The van der Waals surface area contributed by atoms with Gasteiger partial charge < -0.3 is 14.3 Å². The highest BCUT2D eigenvalue weighted by Crippen LogP contribution is 2.21. The van der Waals surface area contributed by atoms with Crippen molar-refractivity contribution in [2.45, 2.75) is 45.8 Å². The van der Waals surface area contributed by atoms with Crippen LogP contribution < -0.4 is 0 Å². The minimum Gasteiger partial charge on any atom is -0.447 e. The van der Waals surface area contributed by atoms with Gasteiger partial charge in [0.2, 0.25) is 12.2 Å². The van der Waals surface area contributed by atoms with Gasteiger partial charge >= 0.3 is 29.7 Å². The van der Waals surface area contributed by atoms with Gasteiger partial charge in [-0.1, -0.05) is 18.9 Å². The standard InChI is InChI=1S/C12H15NO8/c1-4-7(15)19-9-10(20-8(16)5-2)12(18)13(11(9)17)21-6(3)14/h9-10H,4-5H2,1-3H3. The largest absolute Gasteiger partial charge is 0.447 e. The van der Waals surface area contributed by atoms with Crippen molar-refractivity contribution >= 4 is 29.7 Å². The molecule has 1 rings (SSSR count). The van der Waals surface area contributed by atoms with E-state index in [1.54, 1.807) is 0 Å².